The summed E-state index contributed by atoms with van der Waals surface area (Å²) in [6, 6.07) is 4.51. The first-order valence-corrected chi connectivity index (χ1v) is 10.2. The molecule has 0 aliphatic heterocycles. The van der Waals surface area contributed by atoms with Gasteiger partial charge in [0.25, 0.3) is 5.91 Å². The van der Waals surface area contributed by atoms with Crippen molar-refractivity contribution in [2.45, 2.75) is 30.1 Å². The van der Waals surface area contributed by atoms with Gasteiger partial charge >= 0.3 is 6.18 Å². The highest BCUT2D eigenvalue weighted by Gasteiger charge is 2.32. The van der Waals surface area contributed by atoms with Gasteiger partial charge in [-0.1, -0.05) is 11.8 Å². The molecule has 0 saturated carbocycles. The third-order valence-electron chi connectivity index (χ3n) is 3.81. The Morgan fingerprint density at radius 2 is 1.97 bits per heavy atom. The SMILES string of the molecule is CC(Sc1nnc(-c2ccncc2)n1CC(F)(F)F)C(=O)Nc1sccc1C(N)=O. The average molecular weight is 456 g/mol. The lowest BCUT2D eigenvalue weighted by molar-refractivity contribution is -0.141. The van der Waals surface area contributed by atoms with Crippen molar-refractivity contribution in [2.24, 2.45) is 5.73 Å². The lowest BCUT2D eigenvalue weighted by atomic mass is 10.2. The smallest absolute Gasteiger partial charge is 0.366 e. The molecule has 2 amide bonds. The molecule has 0 saturated heterocycles. The standard InChI is InChI=1S/C17H15F3N6O2S2/c1-9(14(28)23-15-11(12(21)27)4-7-29-15)30-16-25-24-13(10-2-5-22-6-3-10)26(16)8-17(18,19)20/h2-7,9H,8H2,1H3,(H2,21,27)(H,23,28). The van der Waals surface area contributed by atoms with E-state index in [1.807, 2.05) is 0 Å². The highest BCUT2D eigenvalue weighted by molar-refractivity contribution is 8.00. The molecule has 0 bridgehead atoms. The molecular weight excluding hydrogens is 441 g/mol. The van der Waals surface area contributed by atoms with Crippen LogP contribution in [0.2, 0.25) is 0 Å². The van der Waals surface area contributed by atoms with Crippen LogP contribution in [0.4, 0.5) is 18.2 Å². The van der Waals surface area contributed by atoms with Crippen LogP contribution in [0.15, 0.2) is 41.1 Å². The molecule has 0 spiro atoms. The number of anilines is 1. The number of hydrogen-bond donors (Lipinski definition) is 2. The van der Waals surface area contributed by atoms with Gasteiger partial charge in [0.05, 0.1) is 10.8 Å². The van der Waals surface area contributed by atoms with Crippen LogP contribution in [0.1, 0.15) is 17.3 Å². The Kier molecular flexibility index (Phi) is 6.41. The fourth-order valence-corrected chi connectivity index (χ4v) is 4.08. The molecule has 3 N–H and O–H groups in total. The first-order valence-electron chi connectivity index (χ1n) is 8.41. The lowest BCUT2D eigenvalue weighted by Gasteiger charge is -2.15. The summed E-state index contributed by atoms with van der Waals surface area (Å²) in [5.74, 6) is -1.20. The predicted molar refractivity (Wildman–Crippen MR) is 106 cm³/mol. The fraction of sp³-hybridized carbons (Fsp3) is 0.235. The highest BCUT2D eigenvalue weighted by atomic mass is 32.2. The summed E-state index contributed by atoms with van der Waals surface area (Å²) < 4.78 is 40.3. The van der Waals surface area contributed by atoms with E-state index in [0.29, 0.717) is 5.56 Å². The summed E-state index contributed by atoms with van der Waals surface area (Å²) in [6.45, 7) is 0.196. The Hall–Kier alpha value is -2.93. The topological polar surface area (TPSA) is 116 Å². The van der Waals surface area contributed by atoms with Crippen LogP contribution in [0, 0.1) is 0 Å². The summed E-state index contributed by atoms with van der Waals surface area (Å²) in [5.41, 5.74) is 5.82. The number of nitrogens with zero attached hydrogens (tertiary/aromatic N) is 4. The Balaban J connectivity index is 1.83. The normalized spacial score (nSPS) is 12.5. The van der Waals surface area contributed by atoms with E-state index in [4.69, 9.17) is 5.73 Å². The largest absolute Gasteiger partial charge is 0.406 e. The van der Waals surface area contributed by atoms with Crippen molar-refractivity contribution in [3.8, 4) is 11.4 Å². The number of primary amides is 1. The molecule has 8 nitrogen and oxygen atoms in total. The van der Waals surface area contributed by atoms with Crippen molar-refractivity contribution >= 4 is 39.9 Å². The van der Waals surface area contributed by atoms with Gasteiger partial charge in [0.15, 0.2) is 11.0 Å². The van der Waals surface area contributed by atoms with Crippen LogP contribution in [-0.2, 0) is 11.3 Å². The molecule has 0 fully saturated rings. The number of aromatic nitrogens is 4. The number of alkyl halides is 3. The molecule has 3 rings (SSSR count). The van der Waals surface area contributed by atoms with Crippen LogP contribution in [0.5, 0.6) is 0 Å². The van der Waals surface area contributed by atoms with Gasteiger partial charge < -0.3 is 11.1 Å². The minimum Gasteiger partial charge on any atom is -0.366 e. The summed E-state index contributed by atoms with van der Waals surface area (Å²) in [6.07, 6.45) is -1.65. The molecular formula is C17H15F3N6O2S2. The Bertz CT molecular complexity index is 1050. The summed E-state index contributed by atoms with van der Waals surface area (Å²) in [4.78, 5) is 27.7. The number of amides is 2. The summed E-state index contributed by atoms with van der Waals surface area (Å²) >= 11 is 1.93. The van der Waals surface area contributed by atoms with Gasteiger partial charge in [-0.25, -0.2) is 0 Å². The maximum absolute atomic E-state index is 13.1. The van der Waals surface area contributed by atoms with E-state index in [1.54, 1.807) is 5.38 Å². The second-order valence-electron chi connectivity index (χ2n) is 6.02. The van der Waals surface area contributed by atoms with Crippen molar-refractivity contribution < 1.29 is 22.8 Å². The van der Waals surface area contributed by atoms with Gasteiger partial charge in [-0.05, 0) is 30.5 Å². The maximum atomic E-state index is 13.1. The van der Waals surface area contributed by atoms with E-state index < -0.39 is 29.8 Å². The van der Waals surface area contributed by atoms with Crippen LogP contribution in [0.25, 0.3) is 11.4 Å². The van der Waals surface area contributed by atoms with E-state index in [-0.39, 0.29) is 21.5 Å². The van der Waals surface area contributed by atoms with Crippen LogP contribution in [-0.4, -0.2) is 43.0 Å². The number of pyridine rings is 1. The van der Waals surface area contributed by atoms with Gasteiger partial charge in [0, 0.05) is 18.0 Å². The number of nitrogens with two attached hydrogens (primary N) is 1. The monoisotopic (exact) mass is 456 g/mol. The third kappa shape index (κ3) is 5.16. The first kappa shape index (κ1) is 21.8. The molecule has 3 aromatic rings. The average Bonchev–Trinajstić information content (AvgIpc) is 3.29. The number of thioether (sulfide) groups is 1. The summed E-state index contributed by atoms with van der Waals surface area (Å²) in [7, 11) is 0. The van der Waals surface area contributed by atoms with Crippen molar-refractivity contribution in [1.82, 2.24) is 19.7 Å². The van der Waals surface area contributed by atoms with Gasteiger partial charge in [0.2, 0.25) is 5.91 Å². The second kappa shape index (κ2) is 8.83. The zero-order valence-corrected chi connectivity index (χ0v) is 17.0. The molecule has 0 aromatic carbocycles. The highest BCUT2D eigenvalue weighted by Crippen LogP contribution is 2.31. The van der Waals surface area contributed by atoms with E-state index in [1.165, 1.54) is 37.5 Å². The van der Waals surface area contributed by atoms with Gasteiger partial charge in [-0.15, -0.1) is 21.5 Å². The number of nitrogens with one attached hydrogen (secondary N) is 1. The molecule has 30 heavy (non-hydrogen) atoms. The summed E-state index contributed by atoms with van der Waals surface area (Å²) in [5, 5.41) is 11.3. The Labute approximate surface area is 176 Å². The van der Waals surface area contributed by atoms with Crippen LogP contribution < -0.4 is 11.1 Å². The number of thiophene rings is 1. The van der Waals surface area contributed by atoms with Crippen LogP contribution >= 0.6 is 23.1 Å². The zero-order chi connectivity index (χ0) is 21.9. The van der Waals surface area contributed by atoms with Crippen LogP contribution in [0.3, 0.4) is 0 Å². The lowest BCUT2D eigenvalue weighted by Crippen LogP contribution is -2.25. The van der Waals surface area contributed by atoms with E-state index in [9.17, 15) is 22.8 Å². The van der Waals surface area contributed by atoms with E-state index in [2.05, 4.69) is 20.5 Å². The van der Waals surface area contributed by atoms with Crippen molar-refractivity contribution in [2.75, 3.05) is 5.32 Å². The minimum atomic E-state index is -4.52. The second-order valence-corrected chi connectivity index (χ2v) is 8.24. The van der Waals surface area contributed by atoms with E-state index >= 15 is 0 Å². The van der Waals surface area contributed by atoms with Crippen molar-refractivity contribution in [1.29, 1.82) is 0 Å². The fourth-order valence-electron chi connectivity index (χ4n) is 2.44. The van der Waals surface area contributed by atoms with Gasteiger partial charge in [0.1, 0.15) is 11.5 Å². The first-order chi connectivity index (χ1) is 14.2. The molecule has 3 heterocycles. The quantitative estimate of drug-likeness (QED) is 0.528. The number of hydrogen-bond acceptors (Lipinski definition) is 7. The molecule has 1 atom stereocenters. The molecule has 0 aliphatic carbocycles. The van der Waals surface area contributed by atoms with Gasteiger partial charge in [-0.3, -0.25) is 19.1 Å². The predicted octanol–water partition coefficient (Wildman–Crippen LogP) is 3.18. The molecule has 1 unspecified atom stereocenters. The molecule has 13 heteroatoms. The molecule has 3 aromatic heterocycles. The van der Waals surface area contributed by atoms with E-state index in [0.717, 1.165) is 27.7 Å². The number of rotatable bonds is 7. The minimum absolute atomic E-state index is 0.0131. The number of halogens is 3. The number of carbonyl (C=O) groups excluding carboxylic acids is 2. The molecule has 158 valence electrons. The number of carbonyl (C=O) groups is 2. The Morgan fingerprint density at radius 1 is 1.27 bits per heavy atom. The van der Waals surface area contributed by atoms with Crippen molar-refractivity contribution in [3.63, 3.8) is 0 Å². The van der Waals surface area contributed by atoms with Gasteiger partial charge in [-0.2, -0.15) is 13.2 Å². The third-order valence-corrected chi connectivity index (χ3v) is 5.72. The van der Waals surface area contributed by atoms with Crippen molar-refractivity contribution in [3.05, 3.63) is 41.5 Å². The molecule has 0 aliphatic rings. The maximum Gasteiger partial charge on any atom is 0.406 e. The Morgan fingerprint density at radius 3 is 2.60 bits per heavy atom. The molecule has 0 radical (unpaired) electrons. The zero-order valence-electron chi connectivity index (χ0n) is 15.4.